The fourth-order valence-electron chi connectivity index (χ4n) is 2.22. The molecular formula is C17H25NO3. The van der Waals surface area contributed by atoms with Crippen LogP contribution in [-0.2, 0) is 22.6 Å². The molecular weight excluding hydrogens is 266 g/mol. The molecule has 0 unspecified atom stereocenters. The first-order chi connectivity index (χ1) is 10.2. The van der Waals surface area contributed by atoms with Gasteiger partial charge in [-0.3, -0.25) is 0 Å². The van der Waals surface area contributed by atoms with Crippen LogP contribution >= 0.6 is 0 Å². The van der Waals surface area contributed by atoms with Crippen molar-refractivity contribution >= 4 is 11.0 Å². The van der Waals surface area contributed by atoms with Gasteiger partial charge in [-0.15, -0.1) is 0 Å². The molecule has 21 heavy (non-hydrogen) atoms. The Hall–Kier alpha value is -1.36. The minimum absolute atomic E-state index is 0.240. The van der Waals surface area contributed by atoms with Crippen molar-refractivity contribution in [3.8, 4) is 0 Å². The van der Waals surface area contributed by atoms with Gasteiger partial charge in [0.15, 0.2) is 0 Å². The third kappa shape index (κ3) is 4.56. The van der Waals surface area contributed by atoms with Crippen LogP contribution in [0.25, 0.3) is 11.0 Å². The van der Waals surface area contributed by atoms with E-state index in [2.05, 4.69) is 18.3 Å². The minimum atomic E-state index is 0.240. The normalized spacial score (nSPS) is 11.6. The topological polar surface area (TPSA) is 43.6 Å². The highest BCUT2D eigenvalue weighted by molar-refractivity contribution is 5.82. The molecule has 0 aliphatic carbocycles. The van der Waals surface area contributed by atoms with Crippen LogP contribution in [0.15, 0.2) is 28.7 Å². The second kappa shape index (κ2) is 8.17. The van der Waals surface area contributed by atoms with Gasteiger partial charge in [0.05, 0.1) is 19.3 Å². The molecule has 0 radical (unpaired) electrons. The first kappa shape index (κ1) is 16.0. The maximum atomic E-state index is 5.92. The predicted molar refractivity (Wildman–Crippen MR) is 84.3 cm³/mol. The molecule has 0 atom stereocenters. The Morgan fingerprint density at radius 2 is 2.00 bits per heavy atom. The van der Waals surface area contributed by atoms with E-state index in [9.17, 15) is 0 Å². The van der Waals surface area contributed by atoms with Gasteiger partial charge in [0.2, 0.25) is 0 Å². The Balaban J connectivity index is 2.00. The highest BCUT2D eigenvalue weighted by atomic mass is 16.5. The standard InChI is InChI=1S/C17H25NO3/c1-4-18-11-15-14-7-5-6-8-16(14)21-17(15)12-19-9-10-20-13(2)3/h5-8,13,18H,4,9-12H2,1-3H3. The van der Waals surface area contributed by atoms with Crippen LogP contribution in [-0.4, -0.2) is 25.9 Å². The second-order valence-corrected chi connectivity index (χ2v) is 5.25. The van der Waals surface area contributed by atoms with Crippen LogP contribution in [0, 0.1) is 0 Å². The number of fused-ring (bicyclic) bond motifs is 1. The van der Waals surface area contributed by atoms with Gasteiger partial charge in [0.25, 0.3) is 0 Å². The summed E-state index contributed by atoms with van der Waals surface area (Å²) in [4.78, 5) is 0. The van der Waals surface area contributed by atoms with E-state index < -0.39 is 0 Å². The Kier molecular flexibility index (Phi) is 6.23. The molecule has 0 amide bonds. The Labute approximate surface area is 126 Å². The molecule has 4 nitrogen and oxygen atoms in total. The van der Waals surface area contributed by atoms with Gasteiger partial charge in [0.1, 0.15) is 18.0 Å². The number of furan rings is 1. The number of para-hydroxylation sites is 1. The maximum absolute atomic E-state index is 5.92. The lowest BCUT2D eigenvalue weighted by atomic mass is 10.1. The lowest BCUT2D eigenvalue weighted by Crippen LogP contribution is -2.13. The summed E-state index contributed by atoms with van der Waals surface area (Å²) < 4.78 is 17.1. The SMILES string of the molecule is CCNCc1c(COCCOC(C)C)oc2ccccc12. The van der Waals surface area contributed by atoms with Crippen molar-refractivity contribution in [2.45, 2.75) is 40.0 Å². The van der Waals surface area contributed by atoms with E-state index in [1.165, 1.54) is 5.56 Å². The van der Waals surface area contributed by atoms with E-state index in [0.717, 1.165) is 29.8 Å². The number of benzene rings is 1. The highest BCUT2D eigenvalue weighted by Gasteiger charge is 2.13. The Bertz CT molecular complexity index is 548. The van der Waals surface area contributed by atoms with E-state index in [0.29, 0.717) is 19.8 Å². The van der Waals surface area contributed by atoms with Crippen LogP contribution in [0.3, 0.4) is 0 Å². The zero-order chi connectivity index (χ0) is 15.1. The van der Waals surface area contributed by atoms with Gasteiger partial charge in [-0.1, -0.05) is 25.1 Å². The molecule has 1 heterocycles. The Morgan fingerprint density at radius 1 is 1.19 bits per heavy atom. The van der Waals surface area contributed by atoms with Gasteiger partial charge < -0.3 is 19.2 Å². The monoisotopic (exact) mass is 291 g/mol. The minimum Gasteiger partial charge on any atom is -0.458 e. The third-order valence-corrected chi connectivity index (χ3v) is 3.25. The van der Waals surface area contributed by atoms with Gasteiger partial charge in [-0.25, -0.2) is 0 Å². The van der Waals surface area contributed by atoms with E-state index >= 15 is 0 Å². The van der Waals surface area contributed by atoms with Crippen LogP contribution < -0.4 is 5.32 Å². The van der Waals surface area contributed by atoms with E-state index in [1.807, 2.05) is 32.0 Å². The van der Waals surface area contributed by atoms with E-state index in [-0.39, 0.29) is 6.10 Å². The molecule has 0 spiro atoms. The van der Waals surface area contributed by atoms with Crippen molar-refractivity contribution in [2.75, 3.05) is 19.8 Å². The summed E-state index contributed by atoms with van der Waals surface area (Å²) >= 11 is 0. The van der Waals surface area contributed by atoms with Gasteiger partial charge in [-0.05, 0) is 26.5 Å². The van der Waals surface area contributed by atoms with Gasteiger partial charge in [-0.2, -0.15) is 0 Å². The summed E-state index contributed by atoms with van der Waals surface area (Å²) in [5.41, 5.74) is 2.11. The first-order valence-corrected chi connectivity index (χ1v) is 7.61. The molecule has 0 saturated heterocycles. The summed E-state index contributed by atoms with van der Waals surface area (Å²) in [7, 11) is 0. The summed E-state index contributed by atoms with van der Waals surface area (Å²) in [5, 5.41) is 4.52. The summed E-state index contributed by atoms with van der Waals surface area (Å²) in [6.07, 6.45) is 0.240. The van der Waals surface area contributed by atoms with Crippen molar-refractivity contribution in [1.82, 2.24) is 5.32 Å². The molecule has 2 aromatic rings. The molecule has 0 aliphatic heterocycles. The lowest BCUT2D eigenvalue weighted by Gasteiger charge is -2.08. The van der Waals surface area contributed by atoms with Crippen molar-refractivity contribution in [2.24, 2.45) is 0 Å². The zero-order valence-electron chi connectivity index (χ0n) is 13.1. The summed E-state index contributed by atoms with van der Waals surface area (Å²) in [6, 6.07) is 8.12. The van der Waals surface area contributed by atoms with Crippen LogP contribution in [0.4, 0.5) is 0 Å². The third-order valence-electron chi connectivity index (χ3n) is 3.25. The zero-order valence-corrected chi connectivity index (χ0v) is 13.1. The molecule has 2 rings (SSSR count). The smallest absolute Gasteiger partial charge is 0.135 e. The number of ether oxygens (including phenoxy) is 2. The summed E-state index contributed by atoms with van der Waals surface area (Å²) in [6.45, 7) is 9.55. The predicted octanol–water partition coefficient (Wildman–Crippen LogP) is 3.48. The van der Waals surface area contributed by atoms with Crippen LogP contribution in [0.5, 0.6) is 0 Å². The molecule has 0 fully saturated rings. The quantitative estimate of drug-likeness (QED) is 0.718. The van der Waals surface area contributed by atoms with Crippen molar-refractivity contribution in [3.63, 3.8) is 0 Å². The first-order valence-electron chi connectivity index (χ1n) is 7.61. The number of nitrogens with one attached hydrogen (secondary N) is 1. The van der Waals surface area contributed by atoms with Gasteiger partial charge >= 0.3 is 0 Å². The molecule has 116 valence electrons. The maximum Gasteiger partial charge on any atom is 0.135 e. The number of hydrogen-bond acceptors (Lipinski definition) is 4. The fourth-order valence-corrected chi connectivity index (χ4v) is 2.22. The second-order valence-electron chi connectivity index (χ2n) is 5.25. The van der Waals surface area contributed by atoms with Crippen LogP contribution in [0.1, 0.15) is 32.1 Å². The van der Waals surface area contributed by atoms with E-state index in [4.69, 9.17) is 13.9 Å². The molecule has 0 aliphatic rings. The average Bonchev–Trinajstić information content (AvgIpc) is 2.82. The molecule has 4 heteroatoms. The molecule has 1 N–H and O–H groups in total. The van der Waals surface area contributed by atoms with Gasteiger partial charge in [0, 0.05) is 17.5 Å². The largest absolute Gasteiger partial charge is 0.458 e. The number of rotatable bonds is 9. The Morgan fingerprint density at radius 3 is 2.76 bits per heavy atom. The fraction of sp³-hybridized carbons (Fsp3) is 0.529. The molecule has 1 aromatic carbocycles. The van der Waals surface area contributed by atoms with Crippen molar-refractivity contribution in [1.29, 1.82) is 0 Å². The van der Waals surface area contributed by atoms with Crippen molar-refractivity contribution < 1.29 is 13.9 Å². The summed E-state index contributed by atoms with van der Waals surface area (Å²) in [5.74, 6) is 0.904. The molecule has 0 bridgehead atoms. The highest BCUT2D eigenvalue weighted by Crippen LogP contribution is 2.26. The molecule has 1 aromatic heterocycles. The van der Waals surface area contributed by atoms with Crippen molar-refractivity contribution in [3.05, 3.63) is 35.6 Å². The van der Waals surface area contributed by atoms with Crippen LogP contribution in [0.2, 0.25) is 0 Å². The lowest BCUT2D eigenvalue weighted by molar-refractivity contribution is 0.0104. The average molecular weight is 291 g/mol. The number of hydrogen-bond donors (Lipinski definition) is 1. The van der Waals surface area contributed by atoms with E-state index in [1.54, 1.807) is 0 Å². The molecule has 0 saturated carbocycles.